The van der Waals surface area contributed by atoms with Gasteiger partial charge in [0, 0.05) is 37.2 Å². The predicted molar refractivity (Wildman–Crippen MR) is 96.7 cm³/mol. The number of hydrogen-bond donors (Lipinski definition) is 1. The van der Waals surface area contributed by atoms with Crippen LogP contribution in [0, 0.1) is 5.92 Å². The second-order valence-corrected chi connectivity index (χ2v) is 8.25. The van der Waals surface area contributed by atoms with Gasteiger partial charge in [0.25, 0.3) is 0 Å². The fourth-order valence-electron chi connectivity index (χ4n) is 3.54. The minimum atomic E-state index is -0.436. The molecule has 2 aliphatic heterocycles. The average Bonchev–Trinajstić information content (AvgIpc) is 3.11. The van der Waals surface area contributed by atoms with Crippen molar-refractivity contribution in [1.29, 1.82) is 0 Å². The highest BCUT2D eigenvalue weighted by Crippen LogP contribution is 2.27. The van der Waals surface area contributed by atoms with E-state index in [0.717, 1.165) is 25.7 Å². The summed E-state index contributed by atoms with van der Waals surface area (Å²) < 4.78 is 10.7. The van der Waals surface area contributed by atoms with Gasteiger partial charge in [-0.15, -0.1) is 0 Å². The van der Waals surface area contributed by atoms with Gasteiger partial charge in [-0.1, -0.05) is 25.9 Å². The van der Waals surface area contributed by atoms with Gasteiger partial charge in [0.1, 0.15) is 11.8 Å². The van der Waals surface area contributed by atoms with E-state index in [-0.39, 0.29) is 23.1 Å². The maximum absolute atomic E-state index is 12.9. The Bertz CT molecular complexity index is 643. The first-order chi connectivity index (χ1) is 12.4. The van der Waals surface area contributed by atoms with Gasteiger partial charge in [-0.05, 0) is 32.1 Å². The zero-order valence-electron chi connectivity index (χ0n) is 15.9. The molecule has 1 aromatic rings. The first-order valence-corrected chi connectivity index (χ1v) is 9.52. The number of rotatable bonds is 3. The predicted octanol–water partition coefficient (Wildman–Crippen LogP) is 2.72. The van der Waals surface area contributed by atoms with Crippen molar-refractivity contribution in [1.82, 2.24) is 10.1 Å². The van der Waals surface area contributed by atoms with Crippen LogP contribution in [0.15, 0.2) is 10.6 Å². The average molecular weight is 363 g/mol. The quantitative estimate of drug-likeness (QED) is 0.892. The molecule has 3 rings (SSSR count). The van der Waals surface area contributed by atoms with E-state index >= 15 is 0 Å². The van der Waals surface area contributed by atoms with Crippen LogP contribution in [0.5, 0.6) is 0 Å². The minimum absolute atomic E-state index is 0.0308. The van der Waals surface area contributed by atoms with Crippen LogP contribution in [0.1, 0.15) is 58.6 Å². The van der Waals surface area contributed by atoms with E-state index in [1.54, 1.807) is 11.0 Å². The summed E-state index contributed by atoms with van der Waals surface area (Å²) in [4.78, 5) is 27.5. The summed E-state index contributed by atoms with van der Waals surface area (Å²) in [6, 6.07) is 1.32. The van der Waals surface area contributed by atoms with Crippen LogP contribution in [0.2, 0.25) is 0 Å². The Morgan fingerprint density at radius 2 is 1.92 bits per heavy atom. The van der Waals surface area contributed by atoms with Gasteiger partial charge >= 0.3 is 0 Å². The molecule has 2 fully saturated rings. The molecular weight excluding hydrogens is 334 g/mol. The molecule has 3 heterocycles. The molecule has 2 amide bonds. The fourth-order valence-corrected chi connectivity index (χ4v) is 3.54. The molecule has 0 aromatic carbocycles. The topological polar surface area (TPSA) is 84.7 Å². The molecule has 0 saturated carbocycles. The lowest BCUT2D eigenvalue weighted by Crippen LogP contribution is -2.52. The molecule has 1 aromatic heterocycles. The molecule has 7 nitrogen and oxygen atoms in total. The van der Waals surface area contributed by atoms with Gasteiger partial charge in [0.15, 0.2) is 5.82 Å². The van der Waals surface area contributed by atoms with E-state index in [4.69, 9.17) is 9.26 Å². The molecule has 0 radical (unpaired) electrons. The van der Waals surface area contributed by atoms with E-state index in [9.17, 15) is 9.59 Å². The molecule has 2 saturated heterocycles. The van der Waals surface area contributed by atoms with E-state index in [0.29, 0.717) is 37.8 Å². The Labute approximate surface area is 154 Å². The molecule has 1 N–H and O–H groups in total. The lowest BCUT2D eigenvalue weighted by atomic mass is 9.93. The lowest BCUT2D eigenvalue weighted by molar-refractivity contribution is -0.146. The zero-order valence-corrected chi connectivity index (χ0v) is 15.9. The van der Waals surface area contributed by atoms with Crippen LogP contribution < -0.4 is 5.32 Å². The third kappa shape index (κ3) is 4.26. The maximum atomic E-state index is 12.9. The summed E-state index contributed by atoms with van der Waals surface area (Å²) >= 11 is 0. The Morgan fingerprint density at radius 3 is 2.58 bits per heavy atom. The van der Waals surface area contributed by atoms with Gasteiger partial charge in [-0.3, -0.25) is 9.59 Å². The van der Waals surface area contributed by atoms with Gasteiger partial charge in [0.05, 0.1) is 0 Å². The summed E-state index contributed by atoms with van der Waals surface area (Å²) in [5.74, 6) is 0.995. The molecule has 1 atom stereocenters. The van der Waals surface area contributed by atoms with E-state index in [2.05, 4.69) is 10.5 Å². The standard InChI is InChI=1S/C19H29N3O4/c1-19(2,3)15-12-16(21-26-15)20-17(23)14-6-4-5-9-22(14)18(24)13-7-10-25-11-8-13/h12-14H,4-11H2,1-3H3,(H,20,21,23). The Balaban J connectivity index is 1.67. The van der Waals surface area contributed by atoms with Crippen LogP contribution in [0.3, 0.4) is 0 Å². The van der Waals surface area contributed by atoms with Crippen molar-refractivity contribution in [2.75, 3.05) is 25.1 Å². The molecule has 0 spiro atoms. The molecular formula is C19H29N3O4. The van der Waals surface area contributed by atoms with Crippen molar-refractivity contribution in [3.05, 3.63) is 11.8 Å². The highest BCUT2D eigenvalue weighted by molar-refractivity contribution is 5.97. The number of carbonyl (C=O) groups excluding carboxylic acids is 2. The number of piperidine rings is 1. The van der Waals surface area contributed by atoms with Gasteiger partial charge in [0.2, 0.25) is 11.8 Å². The van der Waals surface area contributed by atoms with Gasteiger partial charge < -0.3 is 19.5 Å². The van der Waals surface area contributed by atoms with Gasteiger partial charge in [-0.25, -0.2) is 0 Å². The molecule has 0 bridgehead atoms. The molecule has 2 aliphatic rings. The number of hydrogen-bond acceptors (Lipinski definition) is 5. The van der Waals surface area contributed by atoms with Crippen molar-refractivity contribution < 1.29 is 18.8 Å². The van der Waals surface area contributed by atoms with Crippen LogP contribution in [0.4, 0.5) is 5.82 Å². The molecule has 7 heteroatoms. The fraction of sp³-hybridized carbons (Fsp3) is 0.737. The van der Waals surface area contributed by atoms with Crippen molar-refractivity contribution in [3.63, 3.8) is 0 Å². The number of amides is 2. The van der Waals surface area contributed by atoms with Gasteiger partial charge in [-0.2, -0.15) is 0 Å². The molecule has 26 heavy (non-hydrogen) atoms. The van der Waals surface area contributed by atoms with E-state index in [1.807, 2.05) is 20.8 Å². The SMILES string of the molecule is CC(C)(C)c1cc(NC(=O)C2CCCCN2C(=O)C2CCOCC2)no1. The van der Waals surface area contributed by atoms with Crippen molar-refractivity contribution in [2.45, 2.75) is 64.3 Å². The van der Waals surface area contributed by atoms with E-state index in [1.165, 1.54) is 0 Å². The largest absolute Gasteiger partial charge is 0.381 e. The van der Waals surface area contributed by atoms with Crippen molar-refractivity contribution >= 4 is 17.6 Å². The summed E-state index contributed by atoms with van der Waals surface area (Å²) in [7, 11) is 0. The van der Waals surface area contributed by atoms with Crippen molar-refractivity contribution in [3.8, 4) is 0 Å². The van der Waals surface area contributed by atoms with Crippen LogP contribution >= 0.6 is 0 Å². The second kappa shape index (κ2) is 7.78. The Hall–Kier alpha value is -1.89. The monoisotopic (exact) mass is 363 g/mol. The first-order valence-electron chi connectivity index (χ1n) is 9.52. The van der Waals surface area contributed by atoms with Crippen LogP contribution in [-0.2, 0) is 19.7 Å². The number of carbonyl (C=O) groups is 2. The van der Waals surface area contributed by atoms with Crippen LogP contribution in [-0.4, -0.2) is 47.7 Å². The number of nitrogens with zero attached hydrogens (tertiary/aromatic N) is 2. The third-order valence-corrected chi connectivity index (χ3v) is 5.16. The summed E-state index contributed by atoms with van der Waals surface area (Å²) in [5.41, 5.74) is -0.175. The highest BCUT2D eigenvalue weighted by Gasteiger charge is 2.36. The molecule has 1 unspecified atom stereocenters. The number of nitrogens with one attached hydrogen (secondary N) is 1. The smallest absolute Gasteiger partial charge is 0.248 e. The maximum Gasteiger partial charge on any atom is 0.248 e. The molecule has 144 valence electrons. The third-order valence-electron chi connectivity index (χ3n) is 5.16. The van der Waals surface area contributed by atoms with Crippen molar-refractivity contribution in [2.24, 2.45) is 5.92 Å². The summed E-state index contributed by atoms with van der Waals surface area (Å²) in [5, 5.41) is 6.78. The Morgan fingerprint density at radius 1 is 1.19 bits per heavy atom. The summed E-state index contributed by atoms with van der Waals surface area (Å²) in [6.07, 6.45) is 4.05. The number of likely N-dealkylation sites (tertiary alicyclic amines) is 1. The number of ether oxygens (including phenoxy) is 1. The summed E-state index contributed by atoms with van der Waals surface area (Å²) in [6.45, 7) is 7.95. The number of anilines is 1. The lowest BCUT2D eigenvalue weighted by Gasteiger charge is -2.37. The van der Waals surface area contributed by atoms with E-state index < -0.39 is 6.04 Å². The first kappa shape index (κ1) is 18.9. The zero-order chi connectivity index (χ0) is 18.7. The second-order valence-electron chi connectivity index (χ2n) is 8.25. The highest BCUT2D eigenvalue weighted by atomic mass is 16.5. The van der Waals surface area contributed by atoms with Crippen LogP contribution in [0.25, 0.3) is 0 Å². The molecule has 0 aliphatic carbocycles. The number of aromatic nitrogens is 1. The normalized spacial score (nSPS) is 22.3. The Kier molecular flexibility index (Phi) is 5.65. The minimum Gasteiger partial charge on any atom is -0.381 e.